The van der Waals surface area contributed by atoms with Gasteiger partial charge in [-0.3, -0.25) is 4.68 Å². The molecule has 0 aromatic carbocycles. The Morgan fingerprint density at radius 2 is 2.00 bits per heavy atom. The summed E-state index contributed by atoms with van der Waals surface area (Å²) in [6.07, 6.45) is 6.51. The van der Waals surface area contributed by atoms with Gasteiger partial charge in [-0.2, -0.15) is 5.10 Å². The molecule has 1 saturated carbocycles. The SMILES string of the molecule is CCCNC(C)c1c(C)nn(C2CCCC2)c1C. The summed E-state index contributed by atoms with van der Waals surface area (Å²) in [7, 11) is 0. The van der Waals surface area contributed by atoms with E-state index in [0.29, 0.717) is 12.1 Å². The van der Waals surface area contributed by atoms with Crippen LogP contribution < -0.4 is 5.32 Å². The Labute approximate surface area is 111 Å². The third kappa shape index (κ3) is 2.61. The van der Waals surface area contributed by atoms with Crippen LogP contribution in [0.1, 0.15) is 75.0 Å². The fourth-order valence-electron chi connectivity index (χ4n) is 3.27. The van der Waals surface area contributed by atoms with Crippen LogP contribution in [0.3, 0.4) is 0 Å². The molecule has 1 fully saturated rings. The van der Waals surface area contributed by atoms with E-state index in [0.717, 1.165) is 6.54 Å². The summed E-state index contributed by atoms with van der Waals surface area (Å²) in [4.78, 5) is 0. The van der Waals surface area contributed by atoms with E-state index in [1.54, 1.807) is 0 Å². The minimum Gasteiger partial charge on any atom is -0.310 e. The van der Waals surface area contributed by atoms with Gasteiger partial charge in [-0.1, -0.05) is 19.8 Å². The normalized spacial score (nSPS) is 18.4. The molecule has 1 heterocycles. The summed E-state index contributed by atoms with van der Waals surface area (Å²) in [5, 5.41) is 8.38. The predicted octanol–water partition coefficient (Wildman–Crippen LogP) is 3.68. The Hall–Kier alpha value is -0.830. The Morgan fingerprint density at radius 3 is 2.61 bits per heavy atom. The van der Waals surface area contributed by atoms with Crippen LogP contribution in [0, 0.1) is 13.8 Å². The first-order valence-corrected chi connectivity index (χ1v) is 7.44. The maximum absolute atomic E-state index is 4.80. The molecule has 2 rings (SSSR count). The molecule has 1 atom stereocenters. The van der Waals surface area contributed by atoms with Crippen molar-refractivity contribution in [3.8, 4) is 0 Å². The summed E-state index contributed by atoms with van der Waals surface area (Å²) in [5.41, 5.74) is 3.99. The van der Waals surface area contributed by atoms with Crippen LogP contribution in [-0.4, -0.2) is 16.3 Å². The van der Waals surface area contributed by atoms with E-state index in [4.69, 9.17) is 5.10 Å². The van der Waals surface area contributed by atoms with E-state index in [1.165, 1.54) is 49.1 Å². The number of aryl methyl sites for hydroxylation is 1. The lowest BCUT2D eigenvalue weighted by molar-refractivity contribution is 0.453. The smallest absolute Gasteiger partial charge is 0.0644 e. The molecule has 3 heteroatoms. The van der Waals surface area contributed by atoms with E-state index in [1.807, 2.05) is 0 Å². The minimum atomic E-state index is 0.417. The minimum absolute atomic E-state index is 0.417. The van der Waals surface area contributed by atoms with Crippen molar-refractivity contribution in [3.63, 3.8) is 0 Å². The lowest BCUT2D eigenvalue weighted by atomic mass is 10.1. The molecule has 1 aromatic rings. The van der Waals surface area contributed by atoms with Crippen molar-refractivity contribution in [3.05, 3.63) is 17.0 Å². The highest BCUT2D eigenvalue weighted by Gasteiger charge is 2.23. The van der Waals surface area contributed by atoms with Crippen molar-refractivity contribution < 1.29 is 0 Å². The zero-order valence-corrected chi connectivity index (χ0v) is 12.3. The molecule has 1 aromatic heterocycles. The Bertz CT molecular complexity index is 389. The van der Waals surface area contributed by atoms with Gasteiger partial charge >= 0.3 is 0 Å². The van der Waals surface area contributed by atoms with E-state index in [2.05, 4.69) is 37.7 Å². The van der Waals surface area contributed by atoms with Gasteiger partial charge in [0.2, 0.25) is 0 Å². The highest BCUT2D eigenvalue weighted by atomic mass is 15.3. The quantitative estimate of drug-likeness (QED) is 0.862. The van der Waals surface area contributed by atoms with Crippen molar-refractivity contribution >= 4 is 0 Å². The maximum atomic E-state index is 4.80. The summed E-state index contributed by atoms with van der Waals surface area (Å²) < 4.78 is 2.29. The average Bonchev–Trinajstić information content (AvgIpc) is 2.94. The number of hydrogen-bond acceptors (Lipinski definition) is 2. The summed E-state index contributed by atoms with van der Waals surface area (Å²) in [5.74, 6) is 0. The topological polar surface area (TPSA) is 29.9 Å². The second-order valence-corrected chi connectivity index (χ2v) is 5.64. The average molecular weight is 249 g/mol. The van der Waals surface area contributed by atoms with Crippen LogP contribution in [-0.2, 0) is 0 Å². The standard InChI is InChI=1S/C15H27N3/c1-5-10-16-11(2)15-12(3)17-18(13(15)4)14-8-6-7-9-14/h11,14,16H,5-10H2,1-4H3. The molecule has 1 unspecified atom stereocenters. The molecule has 3 nitrogen and oxygen atoms in total. The Balaban J connectivity index is 2.20. The molecule has 18 heavy (non-hydrogen) atoms. The summed E-state index contributed by atoms with van der Waals surface area (Å²) >= 11 is 0. The molecule has 0 spiro atoms. The van der Waals surface area contributed by atoms with Crippen molar-refractivity contribution in [2.45, 2.75) is 71.9 Å². The summed E-state index contributed by atoms with van der Waals surface area (Å²) in [6.45, 7) is 9.93. The third-order valence-electron chi connectivity index (χ3n) is 4.19. The van der Waals surface area contributed by atoms with Crippen molar-refractivity contribution in [1.29, 1.82) is 0 Å². The first kappa shape index (κ1) is 13.6. The van der Waals surface area contributed by atoms with Crippen molar-refractivity contribution in [1.82, 2.24) is 15.1 Å². The second-order valence-electron chi connectivity index (χ2n) is 5.64. The van der Waals surface area contributed by atoms with Crippen LogP contribution in [0.5, 0.6) is 0 Å². The van der Waals surface area contributed by atoms with Crippen LogP contribution in [0.4, 0.5) is 0 Å². The molecule has 0 bridgehead atoms. The lowest BCUT2D eigenvalue weighted by Crippen LogP contribution is -2.20. The molecule has 0 amide bonds. The van der Waals surface area contributed by atoms with E-state index in [-0.39, 0.29) is 0 Å². The molecule has 1 aliphatic carbocycles. The molecule has 1 aliphatic rings. The van der Waals surface area contributed by atoms with Crippen LogP contribution in [0.15, 0.2) is 0 Å². The third-order valence-corrected chi connectivity index (χ3v) is 4.19. The Kier molecular flexibility index (Phi) is 4.44. The fourth-order valence-corrected chi connectivity index (χ4v) is 3.27. The highest BCUT2D eigenvalue weighted by Crippen LogP contribution is 2.32. The van der Waals surface area contributed by atoms with E-state index >= 15 is 0 Å². The van der Waals surface area contributed by atoms with Gasteiger partial charge in [0, 0.05) is 17.3 Å². The summed E-state index contributed by atoms with van der Waals surface area (Å²) in [6, 6.07) is 1.07. The van der Waals surface area contributed by atoms with Gasteiger partial charge in [-0.25, -0.2) is 0 Å². The van der Waals surface area contributed by atoms with Crippen molar-refractivity contribution in [2.75, 3.05) is 6.54 Å². The molecular formula is C15H27N3. The number of nitrogens with one attached hydrogen (secondary N) is 1. The van der Waals surface area contributed by atoms with Crippen LogP contribution >= 0.6 is 0 Å². The zero-order chi connectivity index (χ0) is 13.1. The van der Waals surface area contributed by atoms with Gasteiger partial charge in [-0.15, -0.1) is 0 Å². The fraction of sp³-hybridized carbons (Fsp3) is 0.800. The van der Waals surface area contributed by atoms with Crippen LogP contribution in [0.2, 0.25) is 0 Å². The van der Waals surface area contributed by atoms with Gasteiger partial charge in [0.1, 0.15) is 0 Å². The van der Waals surface area contributed by atoms with Crippen molar-refractivity contribution in [2.24, 2.45) is 0 Å². The number of nitrogens with zero attached hydrogens (tertiary/aromatic N) is 2. The van der Waals surface area contributed by atoms with Gasteiger partial charge in [0.25, 0.3) is 0 Å². The predicted molar refractivity (Wildman–Crippen MR) is 75.9 cm³/mol. The maximum Gasteiger partial charge on any atom is 0.0644 e. The molecule has 0 aliphatic heterocycles. The molecular weight excluding hydrogens is 222 g/mol. The number of rotatable bonds is 5. The van der Waals surface area contributed by atoms with Gasteiger partial charge in [0.15, 0.2) is 0 Å². The molecule has 0 saturated heterocycles. The van der Waals surface area contributed by atoms with Crippen LogP contribution in [0.25, 0.3) is 0 Å². The van der Waals surface area contributed by atoms with Gasteiger partial charge < -0.3 is 5.32 Å². The first-order valence-electron chi connectivity index (χ1n) is 7.44. The first-order chi connectivity index (χ1) is 8.65. The molecule has 0 radical (unpaired) electrons. The molecule has 102 valence electrons. The Morgan fingerprint density at radius 1 is 1.33 bits per heavy atom. The monoisotopic (exact) mass is 249 g/mol. The van der Waals surface area contributed by atoms with E-state index < -0.39 is 0 Å². The largest absolute Gasteiger partial charge is 0.310 e. The number of hydrogen-bond donors (Lipinski definition) is 1. The zero-order valence-electron chi connectivity index (χ0n) is 12.3. The van der Waals surface area contributed by atoms with Gasteiger partial charge in [0.05, 0.1) is 11.7 Å². The highest BCUT2D eigenvalue weighted by molar-refractivity contribution is 5.28. The molecule has 1 N–H and O–H groups in total. The van der Waals surface area contributed by atoms with E-state index in [9.17, 15) is 0 Å². The lowest BCUT2D eigenvalue weighted by Gasteiger charge is -2.16. The second kappa shape index (κ2) is 5.87. The van der Waals surface area contributed by atoms with Gasteiger partial charge in [-0.05, 0) is 46.6 Å². The number of aromatic nitrogens is 2.